The first kappa shape index (κ1) is 20.9. The van der Waals surface area contributed by atoms with Crippen molar-refractivity contribution in [3.05, 3.63) is 102 Å². The van der Waals surface area contributed by atoms with Gasteiger partial charge in [-0.2, -0.15) is 4.31 Å². The predicted octanol–water partition coefficient (Wildman–Crippen LogP) is 4.29. The third kappa shape index (κ3) is 4.21. The van der Waals surface area contributed by atoms with Gasteiger partial charge in [-0.15, -0.1) is 0 Å². The summed E-state index contributed by atoms with van der Waals surface area (Å²) in [4.78, 5) is 6.06. The molecule has 5 rings (SSSR count). The maximum absolute atomic E-state index is 13.6. The highest BCUT2D eigenvalue weighted by atomic mass is 32.2. The molecule has 1 aliphatic rings. The highest BCUT2D eigenvalue weighted by Crippen LogP contribution is 2.27. The third-order valence-electron chi connectivity index (χ3n) is 6.24. The van der Waals surface area contributed by atoms with Gasteiger partial charge in [0.15, 0.2) is 0 Å². The lowest BCUT2D eigenvalue weighted by molar-refractivity contribution is 0.129. The Morgan fingerprint density at radius 1 is 0.844 bits per heavy atom. The second-order valence-electron chi connectivity index (χ2n) is 8.37. The van der Waals surface area contributed by atoms with Crippen molar-refractivity contribution < 1.29 is 8.42 Å². The molecule has 0 aliphatic carbocycles. The molecule has 0 amide bonds. The van der Waals surface area contributed by atoms with Crippen molar-refractivity contribution in [2.45, 2.75) is 23.9 Å². The highest BCUT2D eigenvalue weighted by molar-refractivity contribution is 7.89. The zero-order chi connectivity index (χ0) is 22.0. The van der Waals surface area contributed by atoms with Crippen molar-refractivity contribution in [1.29, 1.82) is 0 Å². The van der Waals surface area contributed by atoms with Crippen molar-refractivity contribution in [3.8, 4) is 0 Å². The van der Waals surface area contributed by atoms with Crippen LogP contribution in [0.15, 0.2) is 96.0 Å². The summed E-state index contributed by atoms with van der Waals surface area (Å²) in [5.74, 6) is 0. The summed E-state index contributed by atoms with van der Waals surface area (Å²) in [6, 6.07) is 27.2. The molecule has 0 bridgehead atoms. The largest absolute Gasteiger partial charge is 0.361 e. The van der Waals surface area contributed by atoms with Crippen molar-refractivity contribution >= 4 is 20.9 Å². The topological polar surface area (TPSA) is 56.4 Å². The molecule has 1 aliphatic heterocycles. The summed E-state index contributed by atoms with van der Waals surface area (Å²) >= 11 is 0. The maximum atomic E-state index is 13.6. The van der Waals surface area contributed by atoms with Crippen molar-refractivity contribution in [2.24, 2.45) is 0 Å². The highest BCUT2D eigenvalue weighted by Gasteiger charge is 2.36. The normalized spacial score (nSPS) is 18.2. The molecule has 1 fully saturated rings. The van der Waals surface area contributed by atoms with E-state index in [-0.39, 0.29) is 6.04 Å². The number of benzene rings is 3. The average molecular weight is 446 g/mol. The lowest BCUT2D eigenvalue weighted by Crippen LogP contribution is -2.55. The molecule has 4 aromatic rings. The Bertz CT molecular complexity index is 1290. The molecule has 32 heavy (non-hydrogen) atoms. The molecular weight excluding hydrogens is 418 g/mol. The van der Waals surface area contributed by atoms with E-state index in [1.807, 2.05) is 30.5 Å². The number of para-hydroxylation sites is 1. The van der Waals surface area contributed by atoms with Gasteiger partial charge in [0, 0.05) is 49.3 Å². The number of sulfonamides is 1. The van der Waals surface area contributed by atoms with E-state index in [9.17, 15) is 8.42 Å². The first-order chi connectivity index (χ1) is 15.6. The smallest absolute Gasteiger partial charge is 0.243 e. The number of fused-ring (bicyclic) bond motifs is 1. The number of aromatic nitrogens is 1. The lowest BCUT2D eigenvalue weighted by atomic mass is 10.0. The minimum absolute atomic E-state index is 0.142. The van der Waals surface area contributed by atoms with E-state index in [0.717, 1.165) is 23.0 Å². The summed E-state index contributed by atoms with van der Waals surface area (Å²) in [7, 11) is -3.57. The molecule has 0 saturated carbocycles. The van der Waals surface area contributed by atoms with E-state index in [1.54, 1.807) is 28.6 Å². The number of H-pyrrole nitrogens is 1. The third-order valence-corrected chi connectivity index (χ3v) is 8.21. The van der Waals surface area contributed by atoms with Gasteiger partial charge >= 0.3 is 0 Å². The summed E-state index contributed by atoms with van der Waals surface area (Å²) in [5, 5.41) is 1.16. The Balaban J connectivity index is 1.45. The minimum Gasteiger partial charge on any atom is -0.361 e. The summed E-state index contributed by atoms with van der Waals surface area (Å²) < 4.78 is 28.8. The Hall–Kier alpha value is -2.93. The number of piperazine rings is 1. The Labute approximate surface area is 189 Å². The molecule has 1 atom stereocenters. The molecule has 1 saturated heterocycles. The van der Waals surface area contributed by atoms with Crippen LogP contribution in [0.25, 0.3) is 10.9 Å². The summed E-state index contributed by atoms with van der Waals surface area (Å²) in [5.41, 5.74) is 3.48. The van der Waals surface area contributed by atoms with Crippen LogP contribution in [0.1, 0.15) is 11.1 Å². The molecule has 0 spiro atoms. The van der Waals surface area contributed by atoms with Crippen LogP contribution in [0.2, 0.25) is 0 Å². The van der Waals surface area contributed by atoms with E-state index < -0.39 is 10.0 Å². The Morgan fingerprint density at radius 2 is 1.53 bits per heavy atom. The summed E-state index contributed by atoms with van der Waals surface area (Å²) in [6.07, 6.45) is 2.69. The van der Waals surface area contributed by atoms with Gasteiger partial charge in [0.1, 0.15) is 0 Å². The molecule has 1 aromatic heterocycles. The van der Waals surface area contributed by atoms with Gasteiger partial charge in [0.25, 0.3) is 0 Å². The molecule has 0 unspecified atom stereocenters. The fraction of sp³-hybridized carbons (Fsp3) is 0.231. The second kappa shape index (κ2) is 8.90. The van der Waals surface area contributed by atoms with Crippen LogP contribution in [0.4, 0.5) is 0 Å². The zero-order valence-corrected chi connectivity index (χ0v) is 18.7. The van der Waals surface area contributed by atoms with Crippen LogP contribution in [-0.4, -0.2) is 48.3 Å². The molecule has 3 aromatic carbocycles. The first-order valence-electron chi connectivity index (χ1n) is 11.0. The molecule has 2 heterocycles. The lowest BCUT2D eigenvalue weighted by Gasteiger charge is -2.40. The van der Waals surface area contributed by atoms with Crippen molar-refractivity contribution in [1.82, 2.24) is 14.2 Å². The quantitative estimate of drug-likeness (QED) is 0.482. The van der Waals surface area contributed by atoms with E-state index in [1.165, 1.54) is 5.56 Å². The summed E-state index contributed by atoms with van der Waals surface area (Å²) in [6.45, 7) is 2.72. The SMILES string of the molecule is O=S(=O)(c1ccccc1)N1CCN(Cc2ccccc2)C[C@H]1Cc1c[nH]c2ccccc12. The molecular formula is C26H27N3O2S. The number of nitrogens with zero attached hydrogens (tertiary/aromatic N) is 2. The van der Waals surface area contributed by atoms with Gasteiger partial charge in [-0.3, -0.25) is 4.90 Å². The van der Waals surface area contributed by atoms with E-state index in [0.29, 0.717) is 31.0 Å². The van der Waals surface area contributed by atoms with Gasteiger partial charge in [0.05, 0.1) is 4.90 Å². The van der Waals surface area contributed by atoms with E-state index in [2.05, 4.69) is 46.3 Å². The van der Waals surface area contributed by atoms with Gasteiger partial charge in [-0.25, -0.2) is 8.42 Å². The van der Waals surface area contributed by atoms with E-state index >= 15 is 0 Å². The standard InChI is InChI=1S/C26H27N3O2S/c30-32(31,24-11-5-2-6-12-24)29-16-15-28(19-21-9-3-1-4-10-21)20-23(29)17-22-18-27-26-14-8-7-13-25(22)26/h1-14,18,23,27H,15-17,19-20H2/t23-/m1/s1. The van der Waals surface area contributed by atoms with Crippen LogP contribution in [0, 0.1) is 0 Å². The molecule has 6 heteroatoms. The predicted molar refractivity (Wildman–Crippen MR) is 128 cm³/mol. The van der Waals surface area contributed by atoms with E-state index in [4.69, 9.17) is 0 Å². The van der Waals surface area contributed by atoms with Gasteiger partial charge in [-0.1, -0.05) is 66.7 Å². The number of rotatable bonds is 6. The zero-order valence-electron chi connectivity index (χ0n) is 17.9. The van der Waals surface area contributed by atoms with Crippen molar-refractivity contribution in [3.63, 3.8) is 0 Å². The average Bonchev–Trinajstić information content (AvgIpc) is 3.23. The van der Waals surface area contributed by atoms with Crippen LogP contribution in [0.5, 0.6) is 0 Å². The Kier molecular flexibility index (Phi) is 5.83. The van der Waals surface area contributed by atoms with Gasteiger partial charge < -0.3 is 4.98 Å². The Morgan fingerprint density at radius 3 is 2.31 bits per heavy atom. The number of aromatic amines is 1. The molecule has 1 N–H and O–H groups in total. The first-order valence-corrected chi connectivity index (χ1v) is 12.4. The minimum atomic E-state index is -3.57. The number of hydrogen-bond donors (Lipinski definition) is 1. The molecule has 164 valence electrons. The van der Waals surface area contributed by atoms with Crippen LogP contribution >= 0.6 is 0 Å². The maximum Gasteiger partial charge on any atom is 0.243 e. The second-order valence-corrected chi connectivity index (χ2v) is 10.3. The monoisotopic (exact) mass is 445 g/mol. The van der Waals surface area contributed by atoms with Crippen LogP contribution in [-0.2, 0) is 23.0 Å². The fourth-order valence-electron chi connectivity index (χ4n) is 4.65. The van der Waals surface area contributed by atoms with Crippen LogP contribution in [0.3, 0.4) is 0 Å². The molecule has 0 radical (unpaired) electrons. The molecule has 5 nitrogen and oxygen atoms in total. The van der Waals surface area contributed by atoms with Gasteiger partial charge in [-0.05, 0) is 35.7 Å². The number of hydrogen-bond acceptors (Lipinski definition) is 3. The fourth-order valence-corrected chi connectivity index (χ4v) is 6.28. The number of nitrogens with one attached hydrogen (secondary N) is 1. The van der Waals surface area contributed by atoms with Crippen LogP contribution < -0.4 is 0 Å². The van der Waals surface area contributed by atoms with Crippen molar-refractivity contribution in [2.75, 3.05) is 19.6 Å². The van der Waals surface area contributed by atoms with Gasteiger partial charge in [0.2, 0.25) is 10.0 Å².